The van der Waals surface area contributed by atoms with E-state index in [0.717, 1.165) is 118 Å². The number of aromatic nitrogens is 3. The van der Waals surface area contributed by atoms with Crippen LogP contribution in [0, 0.1) is 37.6 Å². The smallest absolute Gasteiger partial charge is 0.191 e. The zero-order valence-electron chi connectivity index (χ0n) is 87.1. The Morgan fingerprint density at radius 3 is 1.18 bits per heavy atom. The topological polar surface area (TPSA) is 46.9 Å². The number of nitrogens with zero attached hydrogens (tertiary/aromatic N) is 8. The van der Waals surface area contributed by atoms with Crippen LogP contribution in [0.5, 0.6) is 0 Å². The molecule has 0 aliphatic carbocycles. The van der Waals surface area contributed by atoms with Crippen LogP contribution in [0.25, 0.3) is 49.9 Å². The SMILES string of the molecule is CC(C)(C)c1cc(B(c2[c-]c3c(cc2)c2cc(-c4ccccc4)ccc2n3-c2cc(C(C)(C)C)ccn2)c2ccccc2)[c-]c(N2[CH-]N(c3cc(C(C)(C)c4ccccc4)cc(C(C)(C)c4ccccc4)c3)c3ccccc32)c1.CC(C)(c1[c-]c(N(c2ccccc2)c2ccccn2)ccc1)c1[c-]c(N2[CH-]N(c3cc(C(C)(C)c4ccccc4)cc(C(C)(C)c4ccccc4)c3)c3ccccc32)cc(-c2ccccc2)c1.[Pt].[Pt]. The molecule has 11 heteroatoms. The molecule has 22 rings (SSSR count). The fourth-order valence-electron chi connectivity index (χ4n) is 21.1. The van der Waals surface area contributed by atoms with Gasteiger partial charge in [-0.25, -0.2) is 9.97 Å². The predicted molar refractivity (Wildman–Crippen MR) is 614 cm³/mol. The molecule has 8 nitrogen and oxygen atoms in total. The number of fused-ring (bicyclic) bond motifs is 5. The van der Waals surface area contributed by atoms with Gasteiger partial charge in [0.25, 0.3) is 0 Å². The molecule has 0 saturated carbocycles. The van der Waals surface area contributed by atoms with Gasteiger partial charge in [-0.1, -0.05) is 413 Å². The van der Waals surface area contributed by atoms with Crippen molar-refractivity contribution in [2.24, 2.45) is 0 Å². The molecule has 0 N–H and O–H groups in total. The van der Waals surface area contributed by atoms with Gasteiger partial charge in [0, 0.05) is 122 Å². The van der Waals surface area contributed by atoms with Crippen molar-refractivity contribution in [1.29, 1.82) is 0 Å². The van der Waals surface area contributed by atoms with Gasteiger partial charge < -0.3 is 29.1 Å². The van der Waals surface area contributed by atoms with E-state index in [9.17, 15) is 0 Å². The standard InChI is InChI=1S/C74H68BN4.C63H55N4.2Pt/c1-71(2,3)55-39-40-76-70(47-55)79-66-38-35-52(51-25-15-11-16-26-51)41-65(66)64-37-36-60(49-69(64)79)75(59-31-21-14-22-32-59)61-43-56(72(4,5)6)44-63(48-61)78-50-77(67-33-23-24-34-68(67)78)62-45-57(73(7,8)53-27-17-12-18-28-53)42-58(46-62)74(9,10)54-29-19-13-20-30-54;1-61(2,48-26-13-8-14-27-48)52-40-53(62(3,4)49-28-15-9-16-29-49)44-57(43-52)66-45-65(58-34-19-20-35-59(58)66)56-39-47(46-24-11-7-12-25-46)38-51(42-56)63(5,6)50-30-23-33-55(41-50)67(54-31-17-10-18-32-54)60-36-21-22-37-64-60;;/h11-47,50H,1-10H3;7-40,43-45H,1-6H3;;/q2*-3;;. The van der Waals surface area contributed by atoms with E-state index in [2.05, 4.69) is 584 Å². The second-order valence-electron chi connectivity index (χ2n) is 43.7. The first-order valence-electron chi connectivity index (χ1n) is 51.1. The fourth-order valence-corrected chi connectivity index (χ4v) is 21.1. The molecule has 0 bridgehead atoms. The molecule has 0 saturated heterocycles. The monoisotopic (exact) mass is 2280 g/mol. The van der Waals surface area contributed by atoms with Gasteiger partial charge in [0.1, 0.15) is 11.6 Å². The van der Waals surface area contributed by atoms with Gasteiger partial charge in [-0.3, -0.25) is 0 Å². The van der Waals surface area contributed by atoms with Gasteiger partial charge in [-0.05, 0) is 179 Å². The molecule has 0 unspecified atom stereocenters. The number of para-hydroxylation sites is 5. The largest absolute Gasteiger partial charge is 0.493 e. The van der Waals surface area contributed by atoms with E-state index in [1.54, 1.807) is 0 Å². The van der Waals surface area contributed by atoms with Crippen molar-refractivity contribution in [3.05, 3.63) is 547 Å². The van der Waals surface area contributed by atoms with Crippen molar-refractivity contribution in [3.63, 3.8) is 0 Å². The van der Waals surface area contributed by atoms with Crippen molar-refractivity contribution < 1.29 is 42.1 Å². The van der Waals surface area contributed by atoms with E-state index in [0.29, 0.717) is 0 Å². The molecule has 0 atom stereocenters. The molecule has 740 valence electrons. The van der Waals surface area contributed by atoms with Crippen LogP contribution in [-0.2, 0) is 80.0 Å². The summed E-state index contributed by atoms with van der Waals surface area (Å²) >= 11 is 0. The third-order valence-corrected chi connectivity index (χ3v) is 30.4. The van der Waals surface area contributed by atoms with Crippen LogP contribution >= 0.6 is 0 Å². The average molecular weight is 2280 g/mol. The third kappa shape index (κ3) is 20.1. The second kappa shape index (κ2) is 41.5. The van der Waals surface area contributed by atoms with Gasteiger partial charge in [-0.15, -0.1) is 53.9 Å². The number of hydrogen-bond donors (Lipinski definition) is 0. The van der Waals surface area contributed by atoms with Crippen LogP contribution in [0.1, 0.15) is 178 Å². The molecule has 3 aromatic heterocycles. The fraction of sp³-hybridized carbons (Fsp3) is 0.168. The van der Waals surface area contributed by atoms with Gasteiger partial charge in [-0.2, -0.15) is 88.3 Å². The zero-order chi connectivity index (χ0) is 101. The Morgan fingerprint density at radius 2 is 0.709 bits per heavy atom. The predicted octanol–water partition coefficient (Wildman–Crippen LogP) is 32.8. The first kappa shape index (κ1) is 102. The van der Waals surface area contributed by atoms with Crippen molar-refractivity contribution in [3.8, 4) is 28.1 Å². The molecular weight excluding hydrogens is 2160 g/mol. The van der Waals surface area contributed by atoms with E-state index in [1.165, 1.54) is 77.6 Å². The van der Waals surface area contributed by atoms with E-state index >= 15 is 0 Å². The Bertz CT molecular complexity index is 7930. The molecule has 0 spiro atoms. The molecule has 0 radical (unpaired) electrons. The van der Waals surface area contributed by atoms with Gasteiger partial charge >= 0.3 is 0 Å². The first-order chi connectivity index (χ1) is 70.4. The number of rotatable bonds is 23. The normalized spacial score (nSPS) is 12.8. The van der Waals surface area contributed by atoms with Crippen molar-refractivity contribution >= 4 is 108 Å². The van der Waals surface area contributed by atoms with Crippen LogP contribution in [0.15, 0.2) is 443 Å². The molecule has 0 fully saturated rings. The van der Waals surface area contributed by atoms with Gasteiger partial charge in [0.15, 0.2) is 6.71 Å². The molecule has 148 heavy (non-hydrogen) atoms. The minimum atomic E-state index is -0.504. The Balaban J connectivity index is 0.000000186. The molecular formula is C137H123BN8Pt2-6. The maximum absolute atomic E-state index is 5.09. The molecule has 5 heterocycles. The minimum Gasteiger partial charge on any atom is -0.493 e. The summed E-state index contributed by atoms with van der Waals surface area (Å²) in [6, 6.07) is 172. The summed E-state index contributed by atoms with van der Waals surface area (Å²) in [7, 11) is 0. The van der Waals surface area contributed by atoms with Crippen molar-refractivity contribution in [2.75, 3.05) is 24.5 Å². The van der Waals surface area contributed by atoms with Gasteiger partial charge in [0.2, 0.25) is 0 Å². The number of benzene rings is 17. The van der Waals surface area contributed by atoms with Gasteiger partial charge in [0.05, 0.1) is 0 Å². The zero-order valence-corrected chi connectivity index (χ0v) is 91.6. The summed E-state index contributed by atoms with van der Waals surface area (Å²) in [6.45, 7) is 41.4. The van der Waals surface area contributed by atoms with Crippen molar-refractivity contribution in [1.82, 2.24) is 14.5 Å². The molecule has 20 aromatic rings. The van der Waals surface area contributed by atoms with E-state index < -0.39 is 5.41 Å². The van der Waals surface area contributed by atoms with Crippen molar-refractivity contribution in [2.45, 2.75) is 149 Å². The summed E-state index contributed by atoms with van der Waals surface area (Å²) in [5, 5.41) is 2.30. The second-order valence-corrected chi connectivity index (χ2v) is 43.7. The Morgan fingerprint density at radius 1 is 0.270 bits per heavy atom. The molecule has 17 aromatic carbocycles. The Kier molecular flexibility index (Phi) is 28.6. The summed E-state index contributed by atoms with van der Waals surface area (Å²) < 4.78 is 2.33. The quantitative estimate of drug-likeness (QED) is 0.0467. The van der Waals surface area contributed by atoms with Crippen LogP contribution in [0.3, 0.4) is 0 Å². The van der Waals surface area contributed by atoms with E-state index in [1.807, 2.05) is 36.7 Å². The summed E-state index contributed by atoms with van der Waals surface area (Å²) in [4.78, 5) is 21.5. The van der Waals surface area contributed by atoms with Crippen LogP contribution in [-0.4, -0.2) is 21.2 Å². The Labute approximate surface area is 905 Å². The summed E-state index contributed by atoms with van der Waals surface area (Å²) in [6.07, 6.45) is 3.80. The molecule has 2 aliphatic heterocycles. The maximum atomic E-state index is 5.09. The Hall–Kier alpha value is -14.7. The minimum absolute atomic E-state index is 0. The number of anilines is 11. The molecule has 0 amide bonds. The van der Waals surface area contributed by atoms with Crippen LogP contribution in [0.2, 0.25) is 0 Å². The van der Waals surface area contributed by atoms with Crippen LogP contribution < -0.4 is 40.9 Å². The third-order valence-electron chi connectivity index (χ3n) is 30.4. The number of pyridine rings is 2. The first-order valence-corrected chi connectivity index (χ1v) is 51.1. The molecule has 2 aliphatic rings. The van der Waals surface area contributed by atoms with Crippen LogP contribution in [0.4, 0.5) is 62.7 Å². The van der Waals surface area contributed by atoms with E-state index in [-0.39, 0.29) is 81.3 Å². The average Bonchev–Trinajstić information content (AvgIpc) is 1.55. The summed E-state index contributed by atoms with van der Waals surface area (Å²) in [5.41, 5.74) is 33.4. The summed E-state index contributed by atoms with van der Waals surface area (Å²) in [5.74, 6) is 1.71. The number of hydrogen-bond acceptors (Lipinski definition) is 7. The maximum Gasteiger partial charge on any atom is 0.191 e. The van der Waals surface area contributed by atoms with E-state index in [4.69, 9.17) is 9.97 Å².